The van der Waals surface area contributed by atoms with Gasteiger partial charge in [0, 0.05) is 50.1 Å². The summed E-state index contributed by atoms with van der Waals surface area (Å²) in [6.45, 7) is 2.13. The minimum Gasteiger partial charge on any atom is -0.497 e. The van der Waals surface area contributed by atoms with Crippen LogP contribution < -0.4 is 24.7 Å². The quantitative estimate of drug-likeness (QED) is 0.163. The van der Waals surface area contributed by atoms with Crippen molar-refractivity contribution in [3.05, 3.63) is 103 Å². The number of nitrogens with zero attached hydrogens (tertiary/aromatic N) is 5. The van der Waals surface area contributed by atoms with Crippen molar-refractivity contribution in [2.45, 2.75) is 23.9 Å². The van der Waals surface area contributed by atoms with Crippen LogP contribution >= 0.6 is 0 Å². The Morgan fingerprint density at radius 1 is 1.00 bits per heavy atom. The van der Waals surface area contributed by atoms with Gasteiger partial charge in [-0.2, -0.15) is 5.10 Å². The minimum absolute atomic E-state index is 0.0106. The predicted octanol–water partition coefficient (Wildman–Crippen LogP) is 4.85. The molecule has 1 atom stereocenters. The molecule has 0 unspecified atom stereocenters. The number of rotatable bonds is 13. The number of pyridine rings is 1. The maximum Gasteiger partial charge on any atom is 0.246 e. The standard InChI is InChI=1S/C36H39N7O6S/c1-41(2)20-7-10-33(44)42-21-18-26(24-42)39-35-34-31(17-19-38-36(34)43(40-35)23-25-11-13-27(47-3)14-12-25)49-30-16-15-29(22-32(30)50(37,45)46)48-28-8-5-4-6-9-28/h4-17,19,22,26H,18,20-21,23-24H2,1-3H3,(H,39,40)(H2,37,45,46)/t26-/m1/s1. The lowest BCUT2D eigenvalue weighted by Gasteiger charge is -2.16. The van der Waals surface area contributed by atoms with E-state index >= 15 is 0 Å². The molecule has 50 heavy (non-hydrogen) atoms. The number of anilines is 1. The Hall–Kier alpha value is -5.44. The largest absolute Gasteiger partial charge is 0.497 e. The second-order valence-electron chi connectivity index (χ2n) is 12.1. The molecule has 0 bridgehead atoms. The lowest BCUT2D eigenvalue weighted by molar-refractivity contribution is -0.125. The second-order valence-corrected chi connectivity index (χ2v) is 13.6. The van der Waals surface area contributed by atoms with Crippen LogP contribution in [0.4, 0.5) is 5.82 Å². The van der Waals surface area contributed by atoms with Gasteiger partial charge >= 0.3 is 0 Å². The van der Waals surface area contributed by atoms with Gasteiger partial charge < -0.3 is 29.3 Å². The predicted molar refractivity (Wildman–Crippen MR) is 190 cm³/mol. The number of likely N-dealkylation sites (tertiary alicyclic amines) is 1. The van der Waals surface area contributed by atoms with E-state index in [1.54, 1.807) is 53.2 Å². The van der Waals surface area contributed by atoms with Crippen LogP contribution in [-0.2, 0) is 21.4 Å². The van der Waals surface area contributed by atoms with Gasteiger partial charge in [-0.15, -0.1) is 0 Å². The molecule has 1 aliphatic rings. The van der Waals surface area contributed by atoms with Crippen LogP contribution in [0.1, 0.15) is 12.0 Å². The van der Waals surface area contributed by atoms with Crippen LogP contribution in [0.25, 0.3) is 11.0 Å². The van der Waals surface area contributed by atoms with Gasteiger partial charge in [0.05, 0.1) is 13.7 Å². The van der Waals surface area contributed by atoms with Crippen molar-refractivity contribution in [2.75, 3.05) is 46.2 Å². The zero-order chi connectivity index (χ0) is 35.3. The van der Waals surface area contributed by atoms with Crippen LogP contribution in [0, 0.1) is 0 Å². The van der Waals surface area contributed by atoms with E-state index in [4.69, 9.17) is 24.4 Å². The molecule has 14 heteroatoms. The van der Waals surface area contributed by atoms with Crippen LogP contribution in [0.5, 0.6) is 28.7 Å². The van der Waals surface area contributed by atoms with E-state index in [1.807, 2.05) is 67.5 Å². The molecule has 6 rings (SSSR count). The highest BCUT2D eigenvalue weighted by molar-refractivity contribution is 7.89. The third-order valence-corrected chi connectivity index (χ3v) is 9.01. The molecule has 1 amide bonds. The van der Waals surface area contributed by atoms with Gasteiger partial charge in [0.1, 0.15) is 39.0 Å². The molecule has 0 aliphatic carbocycles. The molecule has 5 aromatic rings. The van der Waals surface area contributed by atoms with Crippen LogP contribution in [-0.4, -0.2) is 85.8 Å². The van der Waals surface area contributed by atoms with Gasteiger partial charge in [-0.3, -0.25) is 4.79 Å². The Kier molecular flexibility index (Phi) is 10.3. The fraction of sp³-hybridized carbons (Fsp3) is 0.250. The summed E-state index contributed by atoms with van der Waals surface area (Å²) >= 11 is 0. The fourth-order valence-electron chi connectivity index (χ4n) is 5.61. The molecule has 0 radical (unpaired) electrons. The molecule has 3 heterocycles. The van der Waals surface area contributed by atoms with Gasteiger partial charge in [-0.1, -0.05) is 36.4 Å². The molecule has 13 nitrogen and oxygen atoms in total. The summed E-state index contributed by atoms with van der Waals surface area (Å²) < 4.78 is 44.9. The van der Waals surface area contributed by atoms with Crippen molar-refractivity contribution >= 4 is 32.8 Å². The number of amides is 1. The van der Waals surface area contributed by atoms with Crippen LogP contribution in [0.3, 0.4) is 0 Å². The smallest absolute Gasteiger partial charge is 0.246 e. The van der Waals surface area contributed by atoms with E-state index in [1.165, 1.54) is 12.1 Å². The average Bonchev–Trinajstić information content (AvgIpc) is 3.71. The highest BCUT2D eigenvalue weighted by atomic mass is 32.2. The molecule has 1 fully saturated rings. The summed E-state index contributed by atoms with van der Waals surface area (Å²) in [5.41, 5.74) is 1.47. The Bertz CT molecular complexity index is 2100. The number of nitrogens with two attached hydrogens (primary N) is 1. The van der Waals surface area contributed by atoms with E-state index in [0.29, 0.717) is 61.0 Å². The van der Waals surface area contributed by atoms with Crippen LogP contribution in [0.2, 0.25) is 0 Å². The van der Waals surface area contributed by atoms with E-state index in [9.17, 15) is 13.2 Å². The SMILES string of the molecule is COc1ccc(Cn2nc(N[C@@H]3CCN(C(=O)C=CCN(C)C)C3)c3c(Oc4ccc(Oc5ccccc5)cc4S(N)(=O)=O)ccnc32)cc1. The van der Waals surface area contributed by atoms with Gasteiger partial charge in [0.15, 0.2) is 11.5 Å². The summed E-state index contributed by atoms with van der Waals surface area (Å²) in [5, 5.41) is 14.6. The summed E-state index contributed by atoms with van der Waals surface area (Å²) in [6, 6.07) is 22.6. The molecule has 0 saturated carbocycles. The van der Waals surface area contributed by atoms with Crippen molar-refractivity contribution in [3.8, 4) is 28.7 Å². The summed E-state index contributed by atoms with van der Waals surface area (Å²) in [4.78, 5) is 21.0. The van der Waals surface area contributed by atoms with Crippen molar-refractivity contribution in [1.82, 2.24) is 24.6 Å². The average molecular weight is 698 g/mol. The maximum absolute atomic E-state index is 12.9. The normalized spacial score (nSPS) is 14.8. The van der Waals surface area contributed by atoms with E-state index in [-0.39, 0.29) is 28.3 Å². The first-order chi connectivity index (χ1) is 24.1. The lowest BCUT2D eigenvalue weighted by atomic mass is 10.2. The van der Waals surface area contributed by atoms with E-state index in [0.717, 1.165) is 11.3 Å². The van der Waals surface area contributed by atoms with Crippen molar-refractivity contribution in [3.63, 3.8) is 0 Å². The van der Waals surface area contributed by atoms with Gasteiger partial charge in [0.2, 0.25) is 15.9 Å². The Morgan fingerprint density at radius 2 is 1.76 bits per heavy atom. The number of sulfonamides is 1. The van der Waals surface area contributed by atoms with Gasteiger partial charge in [0.25, 0.3) is 0 Å². The van der Waals surface area contributed by atoms with Crippen molar-refractivity contribution in [1.29, 1.82) is 0 Å². The number of carbonyl (C=O) groups excluding carboxylic acids is 1. The number of aromatic nitrogens is 3. The fourth-order valence-corrected chi connectivity index (χ4v) is 6.28. The highest BCUT2D eigenvalue weighted by Gasteiger charge is 2.28. The number of carbonyl (C=O) groups is 1. The number of hydrogen-bond acceptors (Lipinski definition) is 10. The van der Waals surface area contributed by atoms with Crippen molar-refractivity contribution < 1.29 is 27.4 Å². The molecule has 260 valence electrons. The summed E-state index contributed by atoms with van der Waals surface area (Å²) in [6.07, 6.45) is 5.74. The van der Waals surface area contributed by atoms with Crippen LogP contribution in [0.15, 0.2) is 102 Å². The number of primary sulfonamides is 1. The molecule has 3 aromatic carbocycles. The third-order valence-electron chi connectivity index (χ3n) is 8.08. The topological polar surface area (TPSA) is 154 Å². The molecule has 1 saturated heterocycles. The maximum atomic E-state index is 12.9. The Morgan fingerprint density at radius 3 is 2.48 bits per heavy atom. The molecule has 3 N–H and O–H groups in total. The second kappa shape index (κ2) is 15.0. The number of para-hydroxylation sites is 1. The first-order valence-electron chi connectivity index (χ1n) is 16.0. The molecular weight excluding hydrogens is 659 g/mol. The van der Waals surface area contributed by atoms with Gasteiger partial charge in [-0.25, -0.2) is 23.2 Å². The Labute approximate surface area is 290 Å². The number of likely N-dealkylation sites (N-methyl/N-ethyl adjacent to an activating group) is 1. The first kappa shape index (κ1) is 34.4. The van der Waals surface area contributed by atoms with Gasteiger partial charge in [-0.05, 0) is 62.5 Å². The number of ether oxygens (including phenoxy) is 3. The molecule has 1 aliphatic heterocycles. The monoisotopic (exact) mass is 697 g/mol. The van der Waals surface area contributed by atoms with E-state index < -0.39 is 10.0 Å². The zero-order valence-electron chi connectivity index (χ0n) is 28.0. The molecular formula is C36H39N7O6S. The number of hydrogen-bond donors (Lipinski definition) is 2. The summed E-state index contributed by atoms with van der Waals surface area (Å²) in [5.74, 6) is 2.31. The number of methoxy groups -OCH3 is 1. The first-order valence-corrected chi connectivity index (χ1v) is 17.5. The number of nitrogens with one attached hydrogen (secondary N) is 1. The number of benzene rings is 3. The zero-order valence-corrected chi connectivity index (χ0v) is 28.8. The summed E-state index contributed by atoms with van der Waals surface area (Å²) in [7, 11) is 1.27. The van der Waals surface area contributed by atoms with Crippen molar-refractivity contribution in [2.24, 2.45) is 5.14 Å². The van der Waals surface area contributed by atoms with E-state index in [2.05, 4.69) is 10.3 Å². The third kappa shape index (κ3) is 8.22. The molecule has 0 spiro atoms. The number of fused-ring (bicyclic) bond motifs is 1. The lowest BCUT2D eigenvalue weighted by Crippen LogP contribution is -2.30. The Balaban J connectivity index is 1.34. The minimum atomic E-state index is -4.23. The highest BCUT2D eigenvalue weighted by Crippen LogP contribution is 2.38. The molecule has 2 aromatic heterocycles.